The second kappa shape index (κ2) is 47.0. The van der Waals surface area contributed by atoms with Crippen LogP contribution < -0.4 is 5.32 Å². The number of nitrogens with one attached hydrogen (secondary N) is 1. The summed E-state index contributed by atoms with van der Waals surface area (Å²) in [5.41, 5.74) is 0. The van der Waals surface area contributed by atoms with E-state index in [9.17, 15) is 20.1 Å². The molecule has 0 spiro atoms. The summed E-state index contributed by atoms with van der Waals surface area (Å²) in [5.74, 6) is -0.517. The number of allylic oxidation sites excluding steroid dienone is 7. The maximum Gasteiger partial charge on any atom is 0.249 e. The van der Waals surface area contributed by atoms with Crippen molar-refractivity contribution in [3.05, 3.63) is 48.6 Å². The molecule has 0 aromatic carbocycles. The number of aliphatic hydroxyl groups is 3. The van der Waals surface area contributed by atoms with E-state index in [-0.39, 0.29) is 6.61 Å². The highest BCUT2D eigenvalue weighted by Gasteiger charge is 2.22. The first kappa shape index (κ1) is 55.3. The molecule has 0 bridgehead atoms. The Morgan fingerprint density at radius 2 is 0.719 bits per heavy atom. The molecular formula is C52H97NO4. The number of aliphatic hydroxyl groups excluding tert-OH is 3. The minimum atomic E-state index is -1.11. The molecule has 0 aromatic heterocycles. The molecule has 0 heterocycles. The quantitative estimate of drug-likeness (QED) is 0.0365. The summed E-state index contributed by atoms with van der Waals surface area (Å²) < 4.78 is 0. The highest BCUT2D eigenvalue weighted by atomic mass is 16.3. The molecule has 0 saturated heterocycles. The lowest BCUT2D eigenvalue weighted by Gasteiger charge is -2.21. The molecule has 0 aromatic rings. The molecule has 0 rings (SSSR count). The van der Waals surface area contributed by atoms with Gasteiger partial charge in [0, 0.05) is 0 Å². The van der Waals surface area contributed by atoms with E-state index in [1.807, 2.05) is 6.08 Å². The van der Waals surface area contributed by atoms with Crippen molar-refractivity contribution in [2.75, 3.05) is 6.61 Å². The van der Waals surface area contributed by atoms with Crippen molar-refractivity contribution < 1.29 is 20.1 Å². The minimum absolute atomic E-state index is 0.381. The van der Waals surface area contributed by atoms with Crippen molar-refractivity contribution in [1.29, 1.82) is 0 Å². The van der Waals surface area contributed by atoms with Gasteiger partial charge < -0.3 is 20.6 Å². The lowest BCUT2D eigenvalue weighted by atomic mass is 10.0. The van der Waals surface area contributed by atoms with Crippen LogP contribution in [0.15, 0.2) is 48.6 Å². The first-order valence-corrected chi connectivity index (χ1v) is 25.0. The van der Waals surface area contributed by atoms with Crippen LogP contribution in [0.5, 0.6) is 0 Å². The Kier molecular flexibility index (Phi) is 45.6. The molecule has 0 radical (unpaired) electrons. The number of rotatable bonds is 45. The van der Waals surface area contributed by atoms with Gasteiger partial charge in [0.05, 0.1) is 18.8 Å². The highest BCUT2D eigenvalue weighted by molar-refractivity contribution is 5.80. The Bertz CT molecular complexity index is 927. The van der Waals surface area contributed by atoms with Gasteiger partial charge in [-0.25, -0.2) is 0 Å². The second-order valence-electron chi connectivity index (χ2n) is 17.0. The van der Waals surface area contributed by atoms with Crippen molar-refractivity contribution in [2.24, 2.45) is 0 Å². The van der Waals surface area contributed by atoms with Gasteiger partial charge >= 0.3 is 0 Å². The molecule has 4 N–H and O–H groups in total. The summed E-state index contributed by atoms with van der Waals surface area (Å²) in [6, 6.07) is -0.820. The van der Waals surface area contributed by atoms with Crippen LogP contribution in [0.2, 0.25) is 0 Å². The van der Waals surface area contributed by atoms with Crippen LogP contribution in [0, 0.1) is 0 Å². The molecule has 334 valence electrons. The summed E-state index contributed by atoms with van der Waals surface area (Å²) >= 11 is 0. The predicted molar refractivity (Wildman–Crippen MR) is 250 cm³/mol. The predicted octanol–water partition coefficient (Wildman–Crippen LogP) is 14.9. The number of carbonyl (C=O) groups excluding carboxylic acids is 1. The number of hydrogen-bond donors (Lipinski definition) is 4. The average molecular weight is 800 g/mol. The van der Waals surface area contributed by atoms with Gasteiger partial charge in [0.1, 0.15) is 6.10 Å². The maximum atomic E-state index is 12.5. The first-order chi connectivity index (χ1) is 28.1. The topological polar surface area (TPSA) is 89.8 Å². The van der Waals surface area contributed by atoms with E-state index in [0.717, 1.165) is 44.9 Å². The summed E-state index contributed by atoms with van der Waals surface area (Å²) in [6.45, 7) is 4.14. The SMILES string of the molecule is CCCCC/C=C/CC/C=C/CC/C=C/C(O)C(CO)NC(=O)C(O)CCCCCCCCCCCCCCCC/C=C\CCCCCCCCCCCCCC. The van der Waals surface area contributed by atoms with Crippen LogP contribution in [0.1, 0.15) is 251 Å². The van der Waals surface area contributed by atoms with Gasteiger partial charge in [-0.3, -0.25) is 4.79 Å². The lowest BCUT2D eigenvalue weighted by molar-refractivity contribution is -0.131. The molecule has 3 atom stereocenters. The van der Waals surface area contributed by atoms with Gasteiger partial charge in [-0.1, -0.05) is 229 Å². The maximum absolute atomic E-state index is 12.5. The molecule has 0 aliphatic heterocycles. The zero-order chi connectivity index (χ0) is 41.5. The fourth-order valence-corrected chi connectivity index (χ4v) is 7.45. The zero-order valence-electron chi connectivity index (χ0n) is 38.0. The van der Waals surface area contributed by atoms with E-state index in [1.165, 1.54) is 186 Å². The zero-order valence-corrected chi connectivity index (χ0v) is 38.0. The van der Waals surface area contributed by atoms with Crippen molar-refractivity contribution >= 4 is 5.91 Å². The van der Waals surface area contributed by atoms with Crippen molar-refractivity contribution in [1.82, 2.24) is 5.32 Å². The molecule has 1 amide bonds. The highest BCUT2D eigenvalue weighted by Crippen LogP contribution is 2.16. The fraction of sp³-hybridized carbons (Fsp3) is 0.827. The van der Waals surface area contributed by atoms with Crippen LogP contribution in [0.3, 0.4) is 0 Å². The van der Waals surface area contributed by atoms with Gasteiger partial charge in [-0.15, -0.1) is 0 Å². The van der Waals surface area contributed by atoms with Crippen LogP contribution in [-0.2, 0) is 4.79 Å². The van der Waals surface area contributed by atoms with E-state index in [1.54, 1.807) is 6.08 Å². The van der Waals surface area contributed by atoms with Crippen LogP contribution in [0.25, 0.3) is 0 Å². The van der Waals surface area contributed by atoms with Crippen LogP contribution in [0.4, 0.5) is 0 Å². The smallest absolute Gasteiger partial charge is 0.249 e. The van der Waals surface area contributed by atoms with Crippen LogP contribution >= 0.6 is 0 Å². The van der Waals surface area contributed by atoms with Gasteiger partial charge in [0.2, 0.25) is 5.91 Å². The van der Waals surface area contributed by atoms with E-state index in [2.05, 4.69) is 55.6 Å². The Balaban J connectivity index is 3.57. The summed E-state index contributed by atoms with van der Waals surface area (Å²) in [7, 11) is 0. The Labute approximate surface area is 355 Å². The fourth-order valence-electron chi connectivity index (χ4n) is 7.45. The molecular weight excluding hydrogens is 703 g/mol. The van der Waals surface area contributed by atoms with E-state index >= 15 is 0 Å². The van der Waals surface area contributed by atoms with E-state index < -0.39 is 24.2 Å². The molecule has 0 saturated carbocycles. The lowest BCUT2D eigenvalue weighted by Crippen LogP contribution is -2.48. The van der Waals surface area contributed by atoms with E-state index in [0.29, 0.717) is 6.42 Å². The summed E-state index contributed by atoms with van der Waals surface area (Å²) in [4.78, 5) is 12.5. The standard InChI is InChI=1S/C52H97NO4/c1-3-5-7-9-11-13-15-17-18-19-20-21-22-23-24-25-26-27-28-29-30-31-32-33-35-37-39-41-43-45-47-51(56)52(57)53-49(48-54)50(55)46-44-42-40-38-36-34-16-14-12-10-8-6-4-2/h12,14,23-24,36,38,44,46,49-51,54-56H,3-11,13,15-22,25-35,37,39-43,45,47-48H2,1-2H3,(H,53,57)/b14-12+,24-23-,38-36+,46-44+. The first-order valence-electron chi connectivity index (χ1n) is 25.0. The number of unbranched alkanes of at least 4 members (excludes halogenated alkanes) is 31. The number of carbonyl (C=O) groups is 1. The molecule has 0 aliphatic rings. The molecule has 57 heavy (non-hydrogen) atoms. The normalized spacial score (nSPS) is 13.8. The molecule has 3 unspecified atom stereocenters. The van der Waals surface area contributed by atoms with Crippen molar-refractivity contribution in [2.45, 2.75) is 270 Å². The second-order valence-corrected chi connectivity index (χ2v) is 17.0. The van der Waals surface area contributed by atoms with Gasteiger partial charge in [0.25, 0.3) is 0 Å². The van der Waals surface area contributed by atoms with Crippen LogP contribution in [-0.4, -0.2) is 46.1 Å². The third kappa shape index (κ3) is 42.2. The van der Waals surface area contributed by atoms with Gasteiger partial charge in [-0.2, -0.15) is 0 Å². The summed E-state index contributed by atoms with van der Waals surface area (Å²) in [6.07, 6.45) is 61.8. The number of hydrogen-bond acceptors (Lipinski definition) is 4. The third-order valence-electron chi connectivity index (χ3n) is 11.4. The molecule has 5 nitrogen and oxygen atoms in total. The van der Waals surface area contributed by atoms with Gasteiger partial charge in [-0.05, 0) is 70.6 Å². The monoisotopic (exact) mass is 800 g/mol. The molecule has 0 aliphatic carbocycles. The van der Waals surface area contributed by atoms with Crippen molar-refractivity contribution in [3.63, 3.8) is 0 Å². The van der Waals surface area contributed by atoms with E-state index in [4.69, 9.17) is 0 Å². The minimum Gasteiger partial charge on any atom is -0.394 e. The largest absolute Gasteiger partial charge is 0.394 e. The Hall–Kier alpha value is -1.69. The Morgan fingerprint density at radius 1 is 0.421 bits per heavy atom. The molecule has 5 heteroatoms. The van der Waals surface area contributed by atoms with Gasteiger partial charge in [0.15, 0.2) is 0 Å². The van der Waals surface area contributed by atoms with Crippen molar-refractivity contribution in [3.8, 4) is 0 Å². The Morgan fingerprint density at radius 3 is 1.11 bits per heavy atom. The number of amides is 1. The average Bonchev–Trinajstić information content (AvgIpc) is 3.22. The molecule has 0 fully saturated rings. The summed E-state index contributed by atoms with van der Waals surface area (Å²) in [5, 5.41) is 33.1. The third-order valence-corrected chi connectivity index (χ3v) is 11.4.